The highest BCUT2D eigenvalue weighted by Gasteiger charge is 2.42. The minimum absolute atomic E-state index is 0.00627. The van der Waals surface area contributed by atoms with E-state index in [2.05, 4.69) is 10.1 Å². The first kappa shape index (κ1) is 24.9. The third-order valence-corrected chi connectivity index (χ3v) is 6.35. The van der Waals surface area contributed by atoms with Gasteiger partial charge in [0.15, 0.2) is 0 Å². The lowest BCUT2D eigenvalue weighted by molar-refractivity contribution is -0.143. The highest BCUT2D eigenvalue weighted by molar-refractivity contribution is 6.35. The molecule has 5 rings (SSSR count). The smallest absolute Gasteiger partial charge is 0.432 e. The zero-order valence-corrected chi connectivity index (χ0v) is 20.5. The number of alkyl halides is 3. The number of halogens is 5. The van der Waals surface area contributed by atoms with Crippen molar-refractivity contribution in [2.45, 2.75) is 12.7 Å². The summed E-state index contributed by atoms with van der Waals surface area (Å²) in [7, 11) is 1.38. The minimum Gasteiger partial charge on any atom is -0.497 e. The first-order chi connectivity index (χ1) is 17.7. The highest BCUT2D eigenvalue weighted by atomic mass is 35.5. The van der Waals surface area contributed by atoms with Gasteiger partial charge in [-0.2, -0.15) is 18.2 Å². The van der Waals surface area contributed by atoms with Gasteiger partial charge in [-0.15, -0.1) is 0 Å². The number of hydrogen-bond donors (Lipinski definition) is 0. The monoisotopic (exact) mass is 545 g/mol. The molecule has 5 aromatic rings. The Morgan fingerprint density at radius 3 is 2.49 bits per heavy atom. The zero-order chi connectivity index (χ0) is 26.3. The largest absolute Gasteiger partial charge is 0.497 e. The van der Waals surface area contributed by atoms with Gasteiger partial charge < -0.3 is 13.8 Å². The third-order valence-electron chi connectivity index (χ3n) is 5.76. The Kier molecular flexibility index (Phi) is 6.43. The second kappa shape index (κ2) is 9.57. The van der Waals surface area contributed by atoms with Crippen LogP contribution in [0.4, 0.5) is 13.2 Å². The Morgan fingerprint density at radius 1 is 1.05 bits per heavy atom. The van der Waals surface area contributed by atoms with Crippen LogP contribution in [0.3, 0.4) is 0 Å². The van der Waals surface area contributed by atoms with Crippen LogP contribution in [0.5, 0.6) is 5.75 Å². The van der Waals surface area contributed by atoms with Crippen molar-refractivity contribution in [3.8, 4) is 17.2 Å². The number of carbonyl (C=O) groups excluding carboxylic acids is 1. The predicted octanol–water partition coefficient (Wildman–Crippen LogP) is 7.30. The molecule has 2 heterocycles. The van der Waals surface area contributed by atoms with Crippen molar-refractivity contribution in [2.24, 2.45) is 0 Å². The van der Waals surface area contributed by atoms with Crippen LogP contribution in [0, 0.1) is 0 Å². The molecule has 0 saturated heterocycles. The number of ketones is 1. The maximum Gasteiger partial charge on any atom is 0.432 e. The number of methoxy groups -OCH3 is 1. The van der Waals surface area contributed by atoms with Gasteiger partial charge in [-0.3, -0.25) is 4.79 Å². The van der Waals surface area contributed by atoms with Crippen LogP contribution >= 0.6 is 23.2 Å². The summed E-state index contributed by atoms with van der Waals surface area (Å²) in [5, 5.41) is 4.23. The van der Waals surface area contributed by atoms with E-state index in [-0.39, 0.29) is 34.1 Å². The molecule has 0 aliphatic carbocycles. The summed E-state index contributed by atoms with van der Waals surface area (Å²) >= 11 is 12.2. The fourth-order valence-corrected chi connectivity index (χ4v) is 4.56. The summed E-state index contributed by atoms with van der Waals surface area (Å²) in [6, 6.07) is 17.4. The Bertz CT molecular complexity index is 1630. The van der Waals surface area contributed by atoms with Crippen LogP contribution < -0.4 is 4.74 Å². The zero-order valence-electron chi connectivity index (χ0n) is 19.0. The van der Waals surface area contributed by atoms with E-state index in [1.54, 1.807) is 30.3 Å². The second-order valence-corrected chi connectivity index (χ2v) is 8.89. The summed E-state index contributed by atoms with van der Waals surface area (Å²) in [5.41, 5.74) is -0.736. The van der Waals surface area contributed by atoms with Crippen molar-refractivity contribution in [1.29, 1.82) is 0 Å². The van der Waals surface area contributed by atoms with Crippen LogP contribution in [-0.2, 0) is 12.7 Å². The van der Waals surface area contributed by atoms with Gasteiger partial charge in [0, 0.05) is 33.1 Å². The molecule has 188 valence electrons. The molecule has 0 bridgehead atoms. The third kappa shape index (κ3) is 4.68. The van der Waals surface area contributed by atoms with E-state index in [4.69, 9.17) is 32.5 Å². The van der Waals surface area contributed by atoms with E-state index in [0.29, 0.717) is 16.1 Å². The topological polar surface area (TPSA) is 70.2 Å². The summed E-state index contributed by atoms with van der Waals surface area (Å²) in [6.45, 7) is -0.275. The van der Waals surface area contributed by atoms with Crippen LogP contribution in [0.25, 0.3) is 22.4 Å². The Hall–Kier alpha value is -3.82. The van der Waals surface area contributed by atoms with Gasteiger partial charge in [0.1, 0.15) is 11.4 Å². The van der Waals surface area contributed by atoms with Crippen LogP contribution in [0.2, 0.25) is 10.0 Å². The molecule has 3 aromatic carbocycles. The fourth-order valence-electron chi connectivity index (χ4n) is 4.10. The molecule has 0 radical (unpaired) electrons. The quantitative estimate of drug-likeness (QED) is 0.209. The average molecular weight is 546 g/mol. The summed E-state index contributed by atoms with van der Waals surface area (Å²) < 4.78 is 55.3. The minimum atomic E-state index is -4.91. The summed E-state index contributed by atoms with van der Waals surface area (Å²) in [4.78, 5) is 17.6. The van der Waals surface area contributed by atoms with E-state index in [0.717, 1.165) is 4.57 Å². The molecule has 0 fully saturated rings. The number of hydrogen-bond acceptors (Lipinski definition) is 5. The molecular formula is C26H16Cl2F3N3O3. The van der Waals surface area contributed by atoms with E-state index in [1.807, 2.05) is 0 Å². The Labute approximate surface area is 218 Å². The average Bonchev–Trinajstić information content (AvgIpc) is 3.49. The van der Waals surface area contributed by atoms with Gasteiger partial charge in [-0.05, 0) is 48.0 Å². The van der Waals surface area contributed by atoms with Gasteiger partial charge in [0.2, 0.25) is 11.6 Å². The summed E-state index contributed by atoms with van der Waals surface area (Å²) in [6.07, 6.45) is -4.91. The molecule has 0 atom stereocenters. The highest BCUT2D eigenvalue weighted by Crippen LogP contribution is 2.41. The molecule has 0 N–H and O–H groups in total. The number of aromatic nitrogens is 3. The number of nitrogens with zero attached hydrogens (tertiary/aromatic N) is 3. The van der Waals surface area contributed by atoms with Crippen molar-refractivity contribution in [3.63, 3.8) is 0 Å². The number of fused-ring (bicyclic) bond motifs is 1. The maximum atomic E-state index is 14.6. The maximum absolute atomic E-state index is 14.6. The molecule has 6 nitrogen and oxygen atoms in total. The fraction of sp³-hybridized carbons (Fsp3) is 0.115. The van der Waals surface area contributed by atoms with Gasteiger partial charge in [0.25, 0.3) is 5.89 Å². The number of carbonyl (C=O) groups is 1. The number of benzene rings is 3. The second-order valence-electron chi connectivity index (χ2n) is 8.04. The number of ether oxygens (including phenoxy) is 1. The van der Waals surface area contributed by atoms with Crippen LogP contribution in [0.15, 0.2) is 71.3 Å². The van der Waals surface area contributed by atoms with Crippen LogP contribution in [0.1, 0.15) is 27.4 Å². The lowest BCUT2D eigenvalue weighted by Crippen LogP contribution is -2.19. The van der Waals surface area contributed by atoms with E-state index < -0.39 is 29.0 Å². The lowest BCUT2D eigenvalue weighted by Gasteiger charge is -2.15. The van der Waals surface area contributed by atoms with Crippen molar-refractivity contribution >= 4 is 39.9 Å². The number of rotatable bonds is 6. The molecule has 0 amide bonds. The van der Waals surface area contributed by atoms with Gasteiger partial charge in [-0.25, -0.2) is 0 Å². The first-order valence-corrected chi connectivity index (χ1v) is 11.6. The molecule has 0 spiro atoms. The SMILES string of the molecule is COc1ccc2c(c1)c(C(=O)c1noc(-c3ccccc3)n1)c(C(F)(F)F)n2Cc1ccc(Cl)cc1Cl. The molecule has 37 heavy (non-hydrogen) atoms. The lowest BCUT2D eigenvalue weighted by atomic mass is 10.0. The van der Waals surface area contributed by atoms with Crippen molar-refractivity contribution < 1.29 is 27.2 Å². The molecule has 0 aliphatic heterocycles. The molecule has 0 aliphatic rings. The Morgan fingerprint density at radius 2 is 1.81 bits per heavy atom. The molecule has 0 saturated carbocycles. The standard InChI is InChI=1S/C26H16Cl2F3N3O3/c1-36-17-9-10-20-18(12-17)21(22(35)24-32-25(37-33-24)14-5-3-2-4-6-14)23(26(29,30)31)34(20)13-15-7-8-16(27)11-19(15)28/h2-12H,13H2,1H3. The van der Waals surface area contributed by atoms with Gasteiger partial charge >= 0.3 is 6.18 Å². The normalized spacial score (nSPS) is 11.7. The van der Waals surface area contributed by atoms with Gasteiger partial charge in [0.05, 0.1) is 12.7 Å². The van der Waals surface area contributed by atoms with E-state index >= 15 is 0 Å². The van der Waals surface area contributed by atoms with Crippen molar-refractivity contribution in [2.75, 3.05) is 7.11 Å². The molecule has 2 aromatic heterocycles. The molecule has 0 unspecified atom stereocenters. The van der Waals surface area contributed by atoms with Crippen molar-refractivity contribution in [3.05, 3.63) is 99.4 Å². The molecule has 11 heteroatoms. The first-order valence-electron chi connectivity index (χ1n) is 10.8. The van der Waals surface area contributed by atoms with Crippen LogP contribution in [-0.4, -0.2) is 27.6 Å². The Balaban J connectivity index is 1.73. The molecular weight excluding hydrogens is 530 g/mol. The predicted molar refractivity (Wildman–Crippen MR) is 132 cm³/mol. The van der Waals surface area contributed by atoms with Crippen molar-refractivity contribution in [1.82, 2.24) is 14.7 Å². The summed E-state index contributed by atoms with van der Waals surface area (Å²) in [5.74, 6) is -1.27. The van der Waals surface area contributed by atoms with Gasteiger partial charge in [-0.1, -0.05) is 52.6 Å². The van der Waals surface area contributed by atoms with E-state index in [1.165, 1.54) is 43.5 Å². The van der Waals surface area contributed by atoms with E-state index in [9.17, 15) is 18.0 Å².